The van der Waals surface area contributed by atoms with Crippen LogP contribution in [0.4, 0.5) is 0 Å². The molecular formula is C5H12Cl3NSi. The lowest BCUT2D eigenvalue weighted by Crippen LogP contribution is -2.22. The van der Waals surface area contributed by atoms with Crippen molar-refractivity contribution in [2.75, 3.05) is 13.1 Å². The van der Waals surface area contributed by atoms with Crippen LogP contribution in [-0.2, 0) is 0 Å². The van der Waals surface area contributed by atoms with Gasteiger partial charge in [-0.05, 0) is 25.6 Å². The van der Waals surface area contributed by atoms with Crippen molar-refractivity contribution in [1.82, 2.24) is 5.32 Å². The Hall–Kier alpha value is 1.05. The third kappa shape index (κ3) is 9.05. The van der Waals surface area contributed by atoms with Gasteiger partial charge in [0.05, 0.1) is 0 Å². The van der Waals surface area contributed by atoms with Gasteiger partial charge < -0.3 is 5.32 Å². The van der Waals surface area contributed by atoms with Crippen LogP contribution < -0.4 is 5.32 Å². The van der Waals surface area contributed by atoms with E-state index in [1.807, 2.05) is 0 Å². The average Bonchev–Trinajstić information content (AvgIpc) is 1.78. The molecule has 0 unspecified atom stereocenters. The molecule has 0 radical (unpaired) electrons. The Morgan fingerprint density at radius 2 is 1.80 bits per heavy atom. The summed E-state index contributed by atoms with van der Waals surface area (Å²) >= 11 is 16.9. The minimum atomic E-state index is -2.35. The normalized spacial score (nSPS) is 12.0. The monoisotopic (exact) mass is 219 g/mol. The highest BCUT2D eigenvalue weighted by Crippen LogP contribution is 2.23. The van der Waals surface area contributed by atoms with Crippen molar-refractivity contribution >= 4 is 39.2 Å². The molecule has 0 fully saturated rings. The summed E-state index contributed by atoms with van der Waals surface area (Å²) < 4.78 is 0. The first-order chi connectivity index (χ1) is 4.56. The van der Waals surface area contributed by atoms with Crippen LogP contribution >= 0.6 is 33.2 Å². The van der Waals surface area contributed by atoms with E-state index >= 15 is 0 Å². The fraction of sp³-hybridized carbons (Fsp3) is 1.00. The second-order valence-corrected chi connectivity index (χ2v) is 11.4. The maximum absolute atomic E-state index is 5.64. The van der Waals surface area contributed by atoms with Gasteiger partial charge in [0, 0.05) is 0 Å². The van der Waals surface area contributed by atoms with Gasteiger partial charge in [0.2, 0.25) is 0 Å². The zero-order valence-corrected chi connectivity index (χ0v) is 9.23. The summed E-state index contributed by atoms with van der Waals surface area (Å²) in [5.74, 6) is 0. The Labute approximate surface area is 77.2 Å². The van der Waals surface area contributed by atoms with Crippen LogP contribution in [0, 0.1) is 0 Å². The van der Waals surface area contributed by atoms with E-state index in [0.717, 1.165) is 19.5 Å². The Morgan fingerprint density at radius 1 is 1.20 bits per heavy atom. The second kappa shape index (κ2) is 5.67. The summed E-state index contributed by atoms with van der Waals surface area (Å²) in [6, 6.07) is -1.65. The molecule has 0 rings (SSSR count). The highest BCUT2D eigenvalue weighted by molar-refractivity contribution is 7.64. The van der Waals surface area contributed by atoms with Crippen molar-refractivity contribution in [2.24, 2.45) is 0 Å². The molecule has 0 aliphatic carbocycles. The number of halogens is 3. The summed E-state index contributed by atoms with van der Waals surface area (Å²) in [5.41, 5.74) is 0. The van der Waals surface area contributed by atoms with Crippen LogP contribution in [0.15, 0.2) is 0 Å². The van der Waals surface area contributed by atoms with Crippen LogP contribution in [0.1, 0.15) is 13.3 Å². The van der Waals surface area contributed by atoms with Gasteiger partial charge in [-0.25, -0.2) is 0 Å². The molecule has 1 N–H and O–H groups in total. The van der Waals surface area contributed by atoms with E-state index in [2.05, 4.69) is 12.2 Å². The summed E-state index contributed by atoms with van der Waals surface area (Å²) in [6.07, 6.45) is 1.13. The highest BCUT2D eigenvalue weighted by atomic mass is 35.8. The lowest BCUT2D eigenvalue weighted by Gasteiger charge is -2.07. The lowest BCUT2D eigenvalue weighted by atomic mass is 10.5. The molecule has 5 heteroatoms. The van der Waals surface area contributed by atoms with Crippen molar-refractivity contribution in [2.45, 2.75) is 19.4 Å². The van der Waals surface area contributed by atoms with Gasteiger partial charge in [-0.15, -0.1) is 33.2 Å². The van der Waals surface area contributed by atoms with Gasteiger partial charge in [0.15, 0.2) is 0 Å². The van der Waals surface area contributed by atoms with Crippen LogP contribution in [0.5, 0.6) is 0 Å². The SMILES string of the molecule is CCCNCC[Si](Cl)(Cl)Cl. The van der Waals surface area contributed by atoms with E-state index in [0.29, 0.717) is 6.04 Å². The van der Waals surface area contributed by atoms with Crippen molar-refractivity contribution in [3.05, 3.63) is 0 Å². The Morgan fingerprint density at radius 3 is 2.20 bits per heavy atom. The molecule has 0 aliphatic rings. The molecule has 0 atom stereocenters. The Bertz CT molecular complexity index is 83.5. The Balaban J connectivity index is 3.04. The molecular weight excluding hydrogens is 209 g/mol. The molecule has 0 aliphatic heterocycles. The minimum absolute atomic E-state index is 0.706. The first-order valence-corrected chi connectivity index (χ1v) is 8.58. The van der Waals surface area contributed by atoms with E-state index in [9.17, 15) is 0 Å². The molecule has 0 aromatic carbocycles. The molecule has 0 spiro atoms. The molecule has 0 saturated heterocycles. The van der Waals surface area contributed by atoms with Crippen LogP contribution in [-0.4, -0.2) is 19.1 Å². The largest absolute Gasteiger partial charge is 0.342 e. The average molecular weight is 221 g/mol. The molecule has 62 valence electrons. The standard InChI is InChI=1S/C5H12Cl3NSi/c1-2-3-9-4-5-10(6,7)8/h9H,2-5H2,1H3. The zero-order valence-electron chi connectivity index (χ0n) is 5.96. The fourth-order valence-electron chi connectivity index (χ4n) is 0.532. The minimum Gasteiger partial charge on any atom is -0.317 e. The maximum Gasteiger partial charge on any atom is 0.342 e. The van der Waals surface area contributed by atoms with E-state index in [1.165, 1.54) is 0 Å². The topological polar surface area (TPSA) is 12.0 Å². The van der Waals surface area contributed by atoms with Crippen LogP contribution in [0.25, 0.3) is 0 Å². The molecule has 0 saturated carbocycles. The molecule has 0 bridgehead atoms. The number of nitrogens with one attached hydrogen (secondary N) is 1. The summed E-state index contributed by atoms with van der Waals surface area (Å²) in [7, 11) is 0. The van der Waals surface area contributed by atoms with E-state index in [-0.39, 0.29) is 0 Å². The van der Waals surface area contributed by atoms with Crippen molar-refractivity contribution in [3.8, 4) is 0 Å². The Kier molecular flexibility index (Phi) is 6.26. The fourth-order valence-corrected chi connectivity index (χ4v) is 1.84. The second-order valence-electron chi connectivity index (χ2n) is 2.12. The molecule has 0 heterocycles. The van der Waals surface area contributed by atoms with Gasteiger partial charge in [0.25, 0.3) is 0 Å². The molecule has 0 aromatic heterocycles. The van der Waals surface area contributed by atoms with E-state index in [1.54, 1.807) is 0 Å². The van der Waals surface area contributed by atoms with E-state index < -0.39 is 6.00 Å². The summed E-state index contributed by atoms with van der Waals surface area (Å²) in [5, 5.41) is 3.17. The first kappa shape index (κ1) is 11.0. The van der Waals surface area contributed by atoms with Gasteiger partial charge in [-0.1, -0.05) is 6.92 Å². The van der Waals surface area contributed by atoms with Gasteiger partial charge in [0.1, 0.15) is 0 Å². The summed E-state index contributed by atoms with van der Waals surface area (Å²) in [4.78, 5) is 0. The predicted octanol–water partition coefficient (Wildman–Crippen LogP) is 2.64. The van der Waals surface area contributed by atoms with Crippen molar-refractivity contribution < 1.29 is 0 Å². The molecule has 0 aromatic rings. The quantitative estimate of drug-likeness (QED) is 0.427. The van der Waals surface area contributed by atoms with Crippen molar-refractivity contribution in [1.29, 1.82) is 0 Å². The molecule has 1 nitrogen and oxygen atoms in total. The third-order valence-corrected chi connectivity index (χ3v) is 3.53. The van der Waals surface area contributed by atoms with E-state index in [4.69, 9.17) is 33.2 Å². The van der Waals surface area contributed by atoms with Gasteiger partial charge >= 0.3 is 6.00 Å². The first-order valence-electron chi connectivity index (χ1n) is 3.33. The third-order valence-electron chi connectivity index (χ3n) is 1.01. The smallest absolute Gasteiger partial charge is 0.317 e. The van der Waals surface area contributed by atoms with Crippen molar-refractivity contribution in [3.63, 3.8) is 0 Å². The predicted molar refractivity (Wildman–Crippen MR) is 51.3 cm³/mol. The number of rotatable bonds is 5. The van der Waals surface area contributed by atoms with Crippen LogP contribution in [0.3, 0.4) is 0 Å². The van der Waals surface area contributed by atoms with Gasteiger partial charge in [-0.2, -0.15) is 0 Å². The molecule has 10 heavy (non-hydrogen) atoms. The maximum atomic E-state index is 5.64. The highest BCUT2D eigenvalue weighted by Gasteiger charge is 2.23. The zero-order chi connectivity index (χ0) is 8.04. The van der Waals surface area contributed by atoms with Gasteiger partial charge in [-0.3, -0.25) is 0 Å². The molecule has 0 amide bonds. The van der Waals surface area contributed by atoms with Crippen LogP contribution in [0.2, 0.25) is 6.04 Å². The number of hydrogen-bond donors (Lipinski definition) is 1. The summed E-state index contributed by atoms with van der Waals surface area (Å²) in [6.45, 7) is 3.95. The lowest BCUT2D eigenvalue weighted by molar-refractivity contribution is 0.702. The number of hydrogen-bond acceptors (Lipinski definition) is 1.